The number of imidazole rings is 1. The standard InChI is InChI=1S/C20H19N3O2S/c1-14(24)16-10-6-7-11-17(16)22-19(25)13-26-20-21-12-18(23(20)2)15-8-4-3-5-9-15/h3-12H,13H2,1-2H3,(H,22,25). The first-order valence-corrected chi connectivity index (χ1v) is 9.14. The van der Waals surface area contributed by atoms with Crippen LogP contribution in [-0.2, 0) is 11.8 Å². The fourth-order valence-corrected chi connectivity index (χ4v) is 3.37. The Balaban J connectivity index is 1.66. The van der Waals surface area contributed by atoms with Crippen LogP contribution in [0, 0.1) is 0 Å². The lowest BCUT2D eigenvalue weighted by molar-refractivity contribution is -0.113. The second kappa shape index (κ2) is 8.01. The second-order valence-electron chi connectivity index (χ2n) is 5.79. The van der Waals surface area contributed by atoms with Gasteiger partial charge in [-0.2, -0.15) is 0 Å². The summed E-state index contributed by atoms with van der Waals surface area (Å²) in [4.78, 5) is 28.3. The zero-order valence-corrected chi connectivity index (χ0v) is 15.4. The zero-order chi connectivity index (χ0) is 18.5. The third kappa shape index (κ3) is 4.03. The highest BCUT2D eigenvalue weighted by molar-refractivity contribution is 7.99. The molecule has 0 saturated carbocycles. The Morgan fingerprint density at radius 2 is 1.77 bits per heavy atom. The van der Waals surface area contributed by atoms with Gasteiger partial charge >= 0.3 is 0 Å². The molecule has 1 N–H and O–H groups in total. The van der Waals surface area contributed by atoms with E-state index in [4.69, 9.17) is 0 Å². The lowest BCUT2D eigenvalue weighted by Crippen LogP contribution is -2.16. The number of rotatable bonds is 6. The lowest BCUT2D eigenvalue weighted by atomic mass is 10.1. The van der Waals surface area contributed by atoms with Crippen molar-refractivity contribution in [1.29, 1.82) is 0 Å². The van der Waals surface area contributed by atoms with Crippen LogP contribution < -0.4 is 5.32 Å². The number of hydrogen-bond donors (Lipinski definition) is 1. The summed E-state index contributed by atoms with van der Waals surface area (Å²) in [5.41, 5.74) is 3.12. The number of Topliss-reactive ketones (excluding diaryl/α,β-unsaturated/α-hetero) is 1. The summed E-state index contributed by atoms with van der Waals surface area (Å²) in [6, 6.07) is 17.0. The molecule has 1 heterocycles. The van der Waals surface area contributed by atoms with Crippen LogP contribution in [0.15, 0.2) is 66.0 Å². The molecule has 0 aliphatic carbocycles. The highest BCUT2D eigenvalue weighted by atomic mass is 32.2. The van der Waals surface area contributed by atoms with Gasteiger partial charge in [0.15, 0.2) is 10.9 Å². The van der Waals surface area contributed by atoms with E-state index in [-0.39, 0.29) is 17.4 Å². The summed E-state index contributed by atoms with van der Waals surface area (Å²) in [6.07, 6.45) is 1.81. The van der Waals surface area contributed by atoms with E-state index in [2.05, 4.69) is 10.3 Å². The quantitative estimate of drug-likeness (QED) is 0.529. The van der Waals surface area contributed by atoms with Crippen LogP contribution in [0.5, 0.6) is 0 Å². The molecule has 0 radical (unpaired) electrons. The third-order valence-corrected chi connectivity index (χ3v) is 4.97. The number of aromatic nitrogens is 2. The molecule has 132 valence electrons. The summed E-state index contributed by atoms with van der Waals surface area (Å²) in [6.45, 7) is 1.48. The number of anilines is 1. The minimum Gasteiger partial charge on any atom is -0.325 e. The van der Waals surface area contributed by atoms with E-state index < -0.39 is 0 Å². The molecule has 0 fully saturated rings. The molecule has 0 bridgehead atoms. The Hall–Kier alpha value is -2.86. The number of hydrogen-bond acceptors (Lipinski definition) is 4. The van der Waals surface area contributed by atoms with Crippen LogP contribution >= 0.6 is 11.8 Å². The molecule has 3 aromatic rings. The number of para-hydroxylation sites is 1. The molecule has 3 rings (SSSR count). The normalized spacial score (nSPS) is 10.5. The van der Waals surface area contributed by atoms with Crippen LogP contribution in [0.2, 0.25) is 0 Å². The van der Waals surface area contributed by atoms with E-state index in [0.717, 1.165) is 16.4 Å². The maximum absolute atomic E-state index is 12.3. The molecule has 1 aromatic heterocycles. The third-order valence-electron chi connectivity index (χ3n) is 3.93. The maximum atomic E-state index is 12.3. The fourth-order valence-electron chi connectivity index (χ4n) is 2.62. The Kier molecular flexibility index (Phi) is 5.53. The first-order valence-electron chi connectivity index (χ1n) is 8.16. The Labute approximate surface area is 156 Å². The second-order valence-corrected chi connectivity index (χ2v) is 6.73. The average molecular weight is 365 g/mol. The van der Waals surface area contributed by atoms with E-state index in [1.54, 1.807) is 30.5 Å². The summed E-state index contributed by atoms with van der Waals surface area (Å²) < 4.78 is 1.97. The van der Waals surface area contributed by atoms with Crippen molar-refractivity contribution < 1.29 is 9.59 Å². The van der Waals surface area contributed by atoms with Gasteiger partial charge in [0.25, 0.3) is 0 Å². The molecule has 0 saturated heterocycles. The van der Waals surface area contributed by atoms with E-state index in [1.165, 1.54) is 18.7 Å². The molecule has 0 unspecified atom stereocenters. The average Bonchev–Trinajstić information content (AvgIpc) is 3.01. The Morgan fingerprint density at radius 3 is 2.50 bits per heavy atom. The highest BCUT2D eigenvalue weighted by Crippen LogP contribution is 2.25. The largest absolute Gasteiger partial charge is 0.325 e. The van der Waals surface area contributed by atoms with E-state index in [9.17, 15) is 9.59 Å². The number of ketones is 1. The van der Waals surface area contributed by atoms with Crippen LogP contribution in [0.4, 0.5) is 5.69 Å². The summed E-state index contributed by atoms with van der Waals surface area (Å²) in [5.74, 6) is -0.0381. The smallest absolute Gasteiger partial charge is 0.234 e. The first kappa shape index (κ1) is 17.9. The molecule has 0 spiro atoms. The topological polar surface area (TPSA) is 64.0 Å². The van der Waals surface area contributed by atoms with E-state index >= 15 is 0 Å². The molecule has 0 atom stereocenters. The highest BCUT2D eigenvalue weighted by Gasteiger charge is 2.13. The molecule has 5 nitrogen and oxygen atoms in total. The van der Waals surface area contributed by atoms with Crippen LogP contribution in [-0.4, -0.2) is 27.0 Å². The van der Waals surface area contributed by atoms with Gasteiger partial charge in [0, 0.05) is 12.6 Å². The maximum Gasteiger partial charge on any atom is 0.234 e. The van der Waals surface area contributed by atoms with Crippen molar-refractivity contribution in [3.8, 4) is 11.3 Å². The Bertz CT molecular complexity index is 935. The molecule has 1 amide bonds. The summed E-state index contributed by atoms with van der Waals surface area (Å²) in [7, 11) is 1.93. The van der Waals surface area contributed by atoms with Gasteiger partial charge in [0.2, 0.25) is 5.91 Å². The van der Waals surface area contributed by atoms with Crippen molar-refractivity contribution in [2.75, 3.05) is 11.1 Å². The first-order chi connectivity index (χ1) is 12.6. The van der Waals surface area contributed by atoms with Gasteiger partial charge < -0.3 is 9.88 Å². The minimum atomic E-state index is -0.173. The van der Waals surface area contributed by atoms with Crippen molar-refractivity contribution in [3.63, 3.8) is 0 Å². The van der Waals surface area contributed by atoms with Gasteiger partial charge in [-0.15, -0.1) is 0 Å². The van der Waals surface area contributed by atoms with Gasteiger partial charge in [0.1, 0.15) is 0 Å². The molecule has 0 aliphatic rings. The van der Waals surface area contributed by atoms with Gasteiger partial charge in [-0.3, -0.25) is 9.59 Å². The molecule has 26 heavy (non-hydrogen) atoms. The number of thioether (sulfide) groups is 1. The number of carbonyl (C=O) groups excluding carboxylic acids is 2. The van der Waals surface area contributed by atoms with E-state index in [1.807, 2.05) is 41.9 Å². The van der Waals surface area contributed by atoms with Crippen LogP contribution in [0.25, 0.3) is 11.3 Å². The fraction of sp³-hybridized carbons (Fsp3) is 0.150. The molecule has 2 aromatic carbocycles. The number of carbonyl (C=O) groups is 2. The van der Waals surface area contributed by atoms with Crippen molar-refractivity contribution in [3.05, 3.63) is 66.4 Å². The van der Waals surface area contributed by atoms with Crippen molar-refractivity contribution in [1.82, 2.24) is 9.55 Å². The lowest BCUT2D eigenvalue weighted by Gasteiger charge is -2.09. The van der Waals surface area contributed by atoms with Crippen LogP contribution in [0.1, 0.15) is 17.3 Å². The monoisotopic (exact) mass is 365 g/mol. The predicted molar refractivity (Wildman–Crippen MR) is 104 cm³/mol. The molecular formula is C20H19N3O2S. The van der Waals surface area contributed by atoms with Gasteiger partial charge in [0.05, 0.1) is 23.3 Å². The van der Waals surface area contributed by atoms with Gasteiger partial charge in [-0.25, -0.2) is 4.98 Å². The minimum absolute atomic E-state index is 0.0786. The molecular weight excluding hydrogens is 346 g/mol. The summed E-state index contributed by atoms with van der Waals surface area (Å²) >= 11 is 1.36. The Morgan fingerprint density at radius 1 is 1.08 bits per heavy atom. The van der Waals surface area contributed by atoms with Crippen molar-refractivity contribution in [2.24, 2.45) is 7.05 Å². The van der Waals surface area contributed by atoms with Gasteiger partial charge in [-0.1, -0.05) is 54.2 Å². The number of nitrogens with zero attached hydrogens (tertiary/aromatic N) is 2. The van der Waals surface area contributed by atoms with Crippen LogP contribution in [0.3, 0.4) is 0 Å². The predicted octanol–water partition coefficient (Wildman–Crippen LogP) is 4.02. The number of nitrogens with one attached hydrogen (secondary N) is 1. The molecule has 0 aliphatic heterocycles. The van der Waals surface area contributed by atoms with Crippen molar-refractivity contribution >= 4 is 29.1 Å². The van der Waals surface area contributed by atoms with Gasteiger partial charge in [-0.05, 0) is 24.6 Å². The summed E-state index contributed by atoms with van der Waals surface area (Å²) in [5, 5.41) is 3.57. The molecule has 6 heteroatoms. The van der Waals surface area contributed by atoms with E-state index in [0.29, 0.717) is 11.3 Å². The number of amides is 1. The zero-order valence-electron chi connectivity index (χ0n) is 14.6. The SMILES string of the molecule is CC(=O)c1ccccc1NC(=O)CSc1ncc(-c2ccccc2)n1C. The van der Waals surface area contributed by atoms with Crippen molar-refractivity contribution in [2.45, 2.75) is 12.1 Å². The number of benzene rings is 2.